The molecule has 0 spiro atoms. The molecule has 6 fully saturated rings. The molecular formula is C47H76O17. The second-order valence-corrected chi connectivity index (χ2v) is 22.6. The van der Waals surface area contributed by atoms with E-state index in [4.69, 9.17) is 28.4 Å². The minimum absolute atomic E-state index is 0.00431. The molecule has 8 rings (SSSR count). The zero-order chi connectivity index (χ0) is 46.7. The highest BCUT2D eigenvalue weighted by atomic mass is 16.8. The van der Waals surface area contributed by atoms with Crippen LogP contribution in [-0.4, -0.2) is 181 Å². The van der Waals surface area contributed by atoms with Crippen LogP contribution in [0.1, 0.15) is 99.8 Å². The molecule has 3 saturated carbocycles. The standard InChI is InChI=1S/C47H76O17/c1-22-37(63-41-36(58)33(55)38(26(18-48)61-41)64-39-34(56)31(53)25(51)19-59-39)32(54)35(57)40(60-22)62-30-11-12-43(4)27(44(30,5)20-49)10-13-45(6)28(43)9-8-23-24-16-42(2,3)14-15-47(24,21-50)29(52)17-46(23,45)7/h8-9,22,25-41,48-58H,10-21H2,1-7H3/t22-,25-,26-,27-,28-,29+,30+,31+,32+,33+,34-,35-,36-,37+,38-,39+,40+,41+,43+,44+,45-,46-,47-/m1/s1. The fraction of sp³-hybridized carbons (Fsp3) is 0.915. The van der Waals surface area contributed by atoms with Crippen LogP contribution in [0.3, 0.4) is 0 Å². The maximum absolute atomic E-state index is 12.0. The molecule has 0 aromatic heterocycles. The second-order valence-electron chi connectivity index (χ2n) is 22.6. The Morgan fingerprint density at radius 1 is 0.688 bits per heavy atom. The van der Waals surface area contributed by atoms with Crippen LogP contribution in [0.5, 0.6) is 0 Å². The summed E-state index contributed by atoms with van der Waals surface area (Å²) in [5, 5.41) is 120. The molecule has 3 heterocycles. The first-order chi connectivity index (χ1) is 30.0. The zero-order valence-electron chi connectivity index (χ0n) is 38.4. The highest BCUT2D eigenvalue weighted by Gasteiger charge is 2.69. The van der Waals surface area contributed by atoms with E-state index >= 15 is 0 Å². The predicted molar refractivity (Wildman–Crippen MR) is 225 cm³/mol. The van der Waals surface area contributed by atoms with E-state index < -0.39 is 116 Å². The van der Waals surface area contributed by atoms with Crippen LogP contribution in [0, 0.1) is 44.3 Å². The van der Waals surface area contributed by atoms with Gasteiger partial charge in [0.2, 0.25) is 0 Å². The summed E-state index contributed by atoms with van der Waals surface area (Å²) in [4.78, 5) is 0. The molecule has 17 heteroatoms. The van der Waals surface area contributed by atoms with Gasteiger partial charge in [0.25, 0.3) is 0 Å². The molecule has 0 aromatic carbocycles. The van der Waals surface area contributed by atoms with E-state index in [1.54, 1.807) is 6.92 Å². The van der Waals surface area contributed by atoms with Crippen LogP contribution in [0.4, 0.5) is 0 Å². The largest absolute Gasteiger partial charge is 0.396 e. The Balaban J connectivity index is 0.962. The second kappa shape index (κ2) is 17.3. The summed E-state index contributed by atoms with van der Waals surface area (Å²) >= 11 is 0. The lowest BCUT2D eigenvalue weighted by Gasteiger charge is -2.70. The monoisotopic (exact) mass is 913 g/mol. The number of aliphatic hydroxyl groups excluding tert-OH is 11. The lowest BCUT2D eigenvalue weighted by atomic mass is 9.35. The van der Waals surface area contributed by atoms with Gasteiger partial charge in [-0.1, -0.05) is 59.3 Å². The average Bonchev–Trinajstić information content (AvgIpc) is 3.24. The van der Waals surface area contributed by atoms with Gasteiger partial charge in [-0.25, -0.2) is 0 Å². The van der Waals surface area contributed by atoms with Crippen LogP contribution in [0.25, 0.3) is 0 Å². The van der Waals surface area contributed by atoms with E-state index in [0.717, 1.165) is 38.5 Å². The topological polar surface area (TPSA) is 278 Å². The first-order valence-electron chi connectivity index (χ1n) is 23.6. The van der Waals surface area contributed by atoms with Crippen LogP contribution < -0.4 is 0 Å². The number of hydrogen-bond donors (Lipinski definition) is 11. The number of aliphatic hydroxyl groups is 11. The lowest BCUT2D eigenvalue weighted by Crippen LogP contribution is -2.67. The maximum atomic E-state index is 12.0. The molecule has 5 aliphatic carbocycles. The lowest BCUT2D eigenvalue weighted by molar-refractivity contribution is -0.377. The molecule has 366 valence electrons. The number of allylic oxidation sites excluding steroid dienone is 3. The Labute approximate surface area is 376 Å². The molecule has 23 atom stereocenters. The van der Waals surface area contributed by atoms with Gasteiger partial charge in [0.05, 0.1) is 44.7 Å². The molecule has 17 nitrogen and oxygen atoms in total. The van der Waals surface area contributed by atoms with Crippen LogP contribution in [0.15, 0.2) is 23.3 Å². The van der Waals surface area contributed by atoms with Crippen LogP contribution in [0.2, 0.25) is 0 Å². The Bertz CT molecular complexity index is 1760. The van der Waals surface area contributed by atoms with Gasteiger partial charge in [0.1, 0.15) is 61.0 Å². The minimum atomic E-state index is -1.82. The van der Waals surface area contributed by atoms with Gasteiger partial charge in [-0.15, -0.1) is 0 Å². The molecule has 0 radical (unpaired) electrons. The normalized spacial score (nSPS) is 55.0. The van der Waals surface area contributed by atoms with Gasteiger partial charge in [0, 0.05) is 16.2 Å². The van der Waals surface area contributed by atoms with Crippen molar-refractivity contribution in [3.63, 3.8) is 0 Å². The van der Waals surface area contributed by atoms with Gasteiger partial charge in [0.15, 0.2) is 18.9 Å². The minimum Gasteiger partial charge on any atom is -0.396 e. The van der Waals surface area contributed by atoms with E-state index in [1.807, 2.05) is 6.92 Å². The van der Waals surface area contributed by atoms with Crippen molar-refractivity contribution in [2.24, 2.45) is 44.3 Å². The first kappa shape index (κ1) is 49.2. The van der Waals surface area contributed by atoms with Crippen molar-refractivity contribution in [2.45, 2.75) is 198 Å². The summed E-state index contributed by atoms with van der Waals surface area (Å²) in [5.41, 5.74) is 0.316. The highest BCUT2D eigenvalue weighted by Crippen LogP contribution is 2.74. The zero-order valence-corrected chi connectivity index (χ0v) is 38.4. The summed E-state index contributed by atoms with van der Waals surface area (Å²) in [6.45, 7) is 13.8. The number of fused-ring (bicyclic) bond motifs is 6. The van der Waals surface area contributed by atoms with Crippen molar-refractivity contribution in [3.05, 3.63) is 23.3 Å². The van der Waals surface area contributed by atoms with Crippen molar-refractivity contribution in [2.75, 3.05) is 26.4 Å². The number of hydrogen-bond acceptors (Lipinski definition) is 17. The van der Waals surface area contributed by atoms with Crippen molar-refractivity contribution < 1.29 is 84.6 Å². The van der Waals surface area contributed by atoms with Gasteiger partial charge in [-0.05, 0) is 91.9 Å². The molecule has 64 heavy (non-hydrogen) atoms. The fourth-order valence-electron chi connectivity index (χ4n) is 14.3. The first-order valence-corrected chi connectivity index (χ1v) is 23.6. The summed E-state index contributed by atoms with van der Waals surface area (Å²) in [6, 6.07) is 0. The molecule has 11 N–H and O–H groups in total. The Morgan fingerprint density at radius 2 is 1.33 bits per heavy atom. The van der Waals surface area contributed by atoms with Crippen molar-refractivity contribution in [1.82, 2.24) is 0 Å². The molecule has 3 saturated heterocycles. The summed E-state index contributed by atoms with van der Waals surface area (Å²) in [6.07, 6.45) is -11.7. The van der Waals surface area contributed by atoms with Crippen molar-refractivity contribution in [1.29, 1.82) is 0 Å². The quantitative estimate of drug-likeness (QED) is 0.137. The molecule has 0 bridgehead atoms. The predicted octanol–water partition coefficient (Wildman–Crippen LogP) is 0.144. The van der Waals surface area contributed by atoms with E-state index in [1.165, 1.54) is 11.1 Å². The molecule has 3 aliphatic heterocycles. The van der Waals surface area contributed by atoms with E-state index in [-0.39, 0.29) is 53.3 Å². The van der Waals surface area contributed by atoms with E-state index in [2.05, 4.69) is 46.8 Å². The van der Waals surface area contributed by atoms with E-state index in [0.29, 0.717) is 12.8 Å². The third-order valence-electron chi connectivity index (χ3n) is 18.6. The van der Waals surface area contributed by atoms with Gasteiger partial charge in [-0.2, -0.15) is 0 Å². The molecule has 0 aromatic rings. The Hall–Kier alpha value is -1.20. The van der Waals surface area contributed by atoms with Crippen LogP contribution >= 0.6 is 0 Å². The summed E-state index contributed by atoms with van der Waals surface area (Å²) in [5.74, 6) is 0.106. The van der Waals surface area contributed by atoms with Crippen molar-refractivity contribution >= 4 is 0 Å². The summed E-state index contributed by atoms with van der Waals surface area (Å²) < 4.78 is 35.4. The Morgan fingerprint density at radius 3 is 1.98 bits per heavy atom. The molecule has 0 amide bonds. The fourth-order valence-corrected chi connectivity index (χ4v) is 14.3. The third-order valence-corrected chi connectivity index (χ3v) is 18.6. The van der Waals surface area contributed by atoms with Gasteiger partial charge in [-0.3, -0.25) is 0 Å². The SMILES string of the molecule is C[C@H]1O[C@@H](O[C@H]2CC[C@@]3(C)[C@@H](CC[C@]4(C)[C@@H]3C=CC3=C5CC(C)(C)CC[C@]5(CO)[C@@H](O)C[C@]34C)[C@]2(C)CO)[C@H](O)[C@H](O)[C@H]1O[C@@H]1O[C@H](CO)[C@@H](O[C@@H]2OC[C@@H](O)[C@H](O)[C@H]2O)[C@@H](O)[C@H]1O. The summed E-state index contributed by atoms with van der Waals surface area (Å²) in [7, 11) is 0. The van der Waals surface area contributed by atoms with Crippen LogP contribution in [-0.2, 0) is 28.4 Å². The number of ether oxygens (including phenoxy) is 6. The molecule has 0 unspecified atom stereocenters. The third kappa shape index (κ3) is 7.45. The average molecular weight is 913 g/mol. The van der Waals surface area contributed by atoms with E-state index in [9.17, 15) is 56.2 Å². The van der Waals surface area contributed by atoms with Gasteiger partial charge < -0.3 is 84.6 Å². The molecule has 8 aliphatic rings. The Kier molecular flexibility index (Phi) is 13.3. The highest BCUT2D eigenvalue weighted by molar-refractivity contribution is 5.47. The maximum Gasteiger partial charge on any atom is 0.187 e. The smallest absolute Gasteiger partial charge is 0.187 e. The van der Waals surface area contributed by atoms with Gasteiger partial charge >= 0.3 is 0 Å². The van der Waals surface area contributed by atoms with Crippen molar-refractivity contribution in [3.8, 4) is 0 Å². The number of rotatable bonds is 9. The molecular weight excluding hydrogens is 837 g/mol.